The zero-order valence-corrected chi connectivity index (χ0v) is 23.4. The van der Waals surface area contributed by atoms with Crippen molar-refractivity contribution in [2.75, 3.05) is 88.6 Å². The molecule has 5 aliphatic heterocycles. The Morgan fingerprint density at radius 2 is 1.59 bits per heavy atom. The van der Waals surface area contributed by atoms with Crippen molar-refractivity contribution >= 4 is 23.6 Å². The van der Waals surface area contributed by atoms with E-state index in [1.807, 2.05) is 24.8 Å². The molecule has 0 saturated carbocycles. The van der Waals surface area contributed by atoms with Crippen LogP contribution in [0.2, 0.25) is 0 Å². The molecule has 0 aliphatic carbocycles. The van der Waals surface area contributed by atoms with E-state index in [9.17, 15) is 9.59 Å². The topological polar surface area (TPSA) is 101 Å². The number of cyclic esters (lactones) is 1. The van der Waals surface area contributed by atoms with E-state index in [1.165, 1.54) is 0 Å². The van der Waals surface area contributed by atoms with E-state index < -0.39 is 0 Å². The highest BCUT2D eigenvalue weighted by Crippen LogP contribution is 2.46. The third kappa shape index (κ3) is 5.58. The summed E-state index contributed by atoms with van der Waals surface area (Å²) in [6.45, 7) is 12.7. The molecule has 1 spiro atoms. The molecule has 0 aromatic carbocycles. The Morgan fingerprint density at radius 1 is 0.923 bits per heavy atom. The molecule has 1 amide bonds. The number of ether oxygens (including phenoxy) is 3. The van der Waals surface area contributed by atoms with Gasteiger partial charge in [0.1, 0.15) is 17.1 Å². The molecule has 0 radical (unpaired) electrons. The summed E-state index contributed by atoms with van der Waals surface area (Å²) >= 11 is 0. The third-order valence-electron chi connectivity index (χ3n) is 8.99. The number of likely N-dealkylation sites (tertiary alicyclic amines) is 2. The van der Waals surface area contributed by atoms with Gasteiger partial charge in [-0.05, 0) is 46.1 Å². The molecule has 214 valence electrons. The quantitative estimate of drug-likeness (QED) is 0.521. The normalized spacial score (nSPS) is 28.7. The number of hydrogen-bond donors (Lipinski definition) is 0. The summed E-state index contributed by atoms with van der Waals surface area (Å²) in [5.74, 6) is 1.33. The predicted octanol–water partition coefficient (Wildman–Crippen LogP) is 1.56. The van der Waals surface area contributed by atoms with E-state index in [1.54, 1.807) is 0 Å². The average molecular weight is 543 g/mol. The van der Waals surface area contributed by atoms with Crippen molar-refractivity contribution in [3.63, 3.8) is 0 Å². The Bertz CT molecular complexity index is 1030. The number of aromatic nitrogens is 2. The third-order valence-corrected chi connectivity index (χ3v) is 8.99. The van der Waals surface area contributed by atoms with Crippen LogP contribution in [0.15, 0.2) is 6.07 Å². The molecule has 1 unspecified atom stereocenters. The van der Waals surface area contributed by atoms with Crippen LogP contribution in [-0.4, -0.2) is 122 Å². The molecule has 11 nitrogen and oxygen atoms in total. The number of amides is 1. The number of rotatable bonds is 4. The molecular formula is C28H42N6O5. The van der Waals surface area contributed by atoms with Gasteiger partial charge in [-0.25, -0.2) is 4.98 Å². The van der Waals surface area contributed by atoms with Crippen molar-refractivity contribution in [1.29, 1.82) is 0 Å². The van der Waals surface area contributed by atoms with Gasteiger partial charge in [0, 0.05) is 64.3 Å². The lowest BCUT2D eigenvalue weighted by molar-refractivity contribution is -0.154. The zero-order valence-electron chi connectivity index (χ0n) is 23.4. The van der Waals surface area contributed by atoms with Crippen molar-refractivity contribution in [3.8, 4) is 0 Å². The Morgan fingerprint density at radius 3 is 2.23 bits per heavy atom. The Balaban J connectivity index is 1.14. The Labute approximate surface area is 230 Å². The minimum Gasteiger partial charge on any atom is -0.459 e. The minimum atomic E-state index is -0.381. The summed E-state index contributed by atoms with van der Waals surface area (Å²) < 4.78 is 16.8. The molecule has 6 heterocycles. The second-order valence-electron chi connectivity index (χ2n) is 12.3. The number of piperidine rings is 2. The molecule has 6 rings (SSSR count). The lowest BCUT2D eigenvalue weighted by Gasteiger charge is -2.44. The van der Waals surface area contributed by atoms with Gasteiger partial charge in [-0.15, -0.1) is 0 Å². The van der Waals surface area contributed by atoms with Crippen molar-refractivity contribution < 1.29 is 23.8 Å². The monoisotopic (exact) mass is 542 g/mol. The molecule has 1 atom stereocenters. The van der Waals surface area contributed by atoms with Crippen LogP contribution in [-0.2, 0) is 19.0 Å². The molecule has 5 aliphatic rings. The van der Waals surface area contributed by atoms with E-state index in [2.05, 4.69) is 14.7 Å². The van der Waals surface area contributed by atoms with Crippen molar-refractivity contribution in [2.45, 2.75) is 57.6 Å². The number of morpholine rings is 2. The number of anilines is 2. The number of esters is 1. The van der Waals surface area contributed by atoms with Crippen LogP contribution >= 0.6 is 0 Å². The molecule has 11 heteroatoms. The zero-order chi connectivity index (χ0) is 27.0. The SMILES string of the molecule is CC1(C)CC2(CCCN(C3CCN(C(=O)c4cc(N5CCOCC5)nc(N5CCOCC5)n4)CC3)C2)C(=O)O1. The molecule has 39 heavy (non-hydrogen) atoms. The smallest absolute Gasteiger partial charge is 0.314 e. The van der Waals surface area contributed by atoms with Crippen LogP contribution in [0.3, 0.4) is 0 Å². The molecule has 5 fully saturated rings. The van der Waals surface area contributed by atoms with Crippen molar-refractivity contribution in [1.82, 2.24) is 19.8 Å². The van der Waals surface area contributed by atoms with Crippen LogP contribution < -0.4 is 9.80 Å². The van der Waals surface area contributed by atoms with Gasteiger partial charge in [-0.2, -0.15) is 4.98 Å². The summed E-state index contributed by atoms with van der Waals surface area (Å²) in [5.41, 5.74) is -0.297. The summed E-state index contributed by atoms with van der Waals surface area (Å²) in [7, 11) is 0. The summed E-state index contributed by atoms with van der Waals surface area (Å²) in [5, 5.41) is 0. The van der Waals surface area contributed by atoms with E-state index in [4.69, 9.17) is 24.2 Å². The van der Waals surface area contributed by atoms with Gasteiger partial charge < -0.3 is 28.9 Å². The molecule has 5 saturated heterocycles. The van der Waals surface area contributed by atoms with Gasteiger partial charge in [0.25, 0.3) is 5.91 Å². The van der Waals surface area contributed by atoms with Crippen LogP contribution in [0.4, 0.5) is 11.8 Å². The van der Waals surface area contributed by atoms with Gasteiger partial charge in [-0.1, -0.05) is 0 Å². The van der Waals surface area contributed by atoms with Gasteiger partial charge in [0.2, 0.25) is 5.95 Å². The van der Waals surface area contributed by atoms with Gasteiger partial charge >= 0.3 is 5.97 Å². The van der Waals surface area contributed by atoms with Gasteiger partial charge in [-0.3, -0.25) is 14.5 Å². The molecule has 0 N–H and O–H groups in total. The second kappa shape index (κ2) is 10.8. The number of nitrogens with zero attached hydrogens (tertiary/aromatic N) is 6. The van der Waals surface area contributed by atoms with E-state index in [0.29, 0.717) is 70.3 Å². The van der Waals surface area contributed by atoms with Crippen molar-refractivity contribution in [2.24, 2.45) is 5.41 Å². The summed E-state index contributed by atoms with van der Waals surface area (Å²) in [4.78, 5) is 44.9. The fourth-order valence-electron chi connectivity index (χ4n) is 7.06. The lowest BCUT2D eigenvalue weighted by Crippen LogP contribution is -2.53. The van der Waals surface area contributed by atoms with E-state index >= 15 is 0 Å². The fraction of sp³-hybridized carbons (Fsp3) is 0.786. The van der Waals surface area contributed by atoms with Crippen molar-refractivity contribution in [3.05, 3.63) is 11.8 Å². The van der Waals surface area contributed by atoms with Gasteiger partial charge in [0.15, 0.2) is 0 Å². The molecular weight excluding hydrogens is 500 g/mol. The number of hydrogen-bond acceptors (Lipinski definition) is 10. The first-order chi connectivity index (χ1) is 18.8. The maximum absolute atomic E-state index is 13.7. The fourth-order valence-corrected chi connectivity index (χ4v) is 7.06. The van der Waals surface area contributed by atoms with Gasteiger partial charge in [0.05, 0.1) is 31.8 Å². The maximum atomic E-state index is 13.7. The summed E-state index contributed by atoms with van der Waals surface area (Å²) in [6, 6.07) is 2.23. The first-order valence-electron chi connectivity index (χ1n) is 14.6. The highest BCUT2D eigenvalue weighted by molar-refractivity contribution is 5.93. The lowest BCUT2D eigenvalue weighted by atomic mass is 9.74. The molecule has 1 aromatic heterocycles. The second-order valence-corrected chi connectivity index (χ2v) is 12.3. The highest BCUT2D eigenvalue weighted by Gasteiger charge is 2.54. The van der Waals surface area contributed by atoms with Crippen LogP contribution in [0.25, 0.3) is 0 Å². The molecule has 0 bridgehead atoms. The maximum Gasteiger partial charge on any atom is 0.314 e. The number of carbonyl (C=O) groups excluding carboxylic acids is 2. The minimum absolute atomic E-state index is 0.0271. The molecule has 1 aromatic rings. The largest absolute Gasteiger partial charge is 0.459 e. The van der Waals surface area contributed by atoms with E-state index in [-0.39, 0.29) is 22.9 Å². The first kappa shape index (κ1) is 26.7. The standard InChI is InChI=1S/C28H42N6O5/c1-27(2)19-28(25(36)39-27)6-3-7-34(20-28)21-4-8-32(9-5-21)24(35)22-18-23(31-10-14-37-15-11-31)30-26(29-22)33-12-16-38-17-13-33/h18,21H,3-17,19-20H2,1-2H3. The summed E-state index contributed by atoms with van der Waals surface area (Å²) in [6.07, 6.45) is 4.51. The number of carbonyl (C=O) groups is 2. The van der Waals surface area contributed by atoms with Crippen LogP contribution in [0.1, 0.15) is 56.4 Å². The predicted molar refractivity (Wildman–Crippen MR) is 145 cm³/mol. The highest BCUT2D eigenvalue weighted by atomic mass is 16.6. The van der Waals surface area contributed by atoms with E-state index in [0.717, 1.165) is 64.1 Å². The Kier molecular flexibility index (Phi) is 7.41. The Hall–Kier alpha value is -2.50. The van der Waals surface area contributed by atoms with Crippen LogP contribution in [0.5, 0.6) is 0 Å². The first-order valence-corrected chi connectivity index (χ1v) is 14.6. The van der Waals surface area contributed by atoms with Crippen LogP contribution in [0, 0.1) is 5.41 Å². The average Bonchev–Trinajstić information content (AvgIpc) is 3.19.